The van der Waals surface area contributed by atoms with Crippen molar-refractivity contribution >= 4 is 35.3 Å². The Hall–Kier alpha value is -2.66. The lowest BCUT2D eigenvalue weighted by Gasteiger charge is -2.08. The molecule has 0 atom stereocenters. The molecule has 130 valence electrons. The molecule has 0 fully saturated rings. The van der Waals surface area contributed by atoms with Crippen molar-refractivity contribution in [1.82, 2.24) is 5.43 Å². The number of halogens is 1. The van der Waals surface area contributed by atoms with Gasteiger partial charge < -0.3 is 5.32 Å². The van der Waals surface area contributed by atoms with Crippen molar-refractivity contribution in [2.45, 2.75) is 26.7 Å². The summed E-state index contributed by atoms with van der Waals surface area (Å²) < 4.78 is 0. The van der Waals surface area contributed by atoms with E-state index in [1.54, 1.807) is 18.2 Å². The molecule has 25 heavy (non-hydrogen) atoms. The summed E-state index contributed by atoms with van der Waals surface area (Å²) in [4.78, 5) is 23.7. The third-order valence-electron chi connectivity index (χ3n) is 3.49. The minimum atomic E-state index is -0.325. The van der Waals surface area contributed by atoms with Crippen molar-refractivity contribution in [2.24, 2.45) is 5.10 Å². The predicted octanol–water partition coefficient (Wildman–Crippen LogP) is 3.83. The summed E-state index contributed by atoms with van der Waals surface area (Å²) in [5, 5.41) is 7.26. The Kier molecular flexibility index (Phi) is 6.71. The highest BCUT2D eigenvalue weighted by Gasteiger charge is 2.08. The number of carbonyl (C=O) groups is 2. The molecular formula is C19H20ClN3O2. The number of carbonyl (C=O) groups excluding carboxylic acids is 2. The Morgan fingerprint density at radius 1 is 1.08 bits per heavy atom. The van der Waals surface area contributed by atoms with Crippen LogP contribution in [0.25, 0.3) is 0 Å². The molecule has 0 saturated heterocycles. The summed E-state index contributed by atoms with van der Waals surface area (Å²) in [7, 11) is 0. The van der Waals surface area contributed by atoms with Crippen LogP contribution in [0.3, 0.4) is 0 Å². The fourth-order valence-corrected chi connectivity index (χ4v) is 2.41. The molecule has 0 aliphatic heterocycles. The summed E-state index contributed by atoms with van der Waals surface area (Å²) in [6.07, 6.45) is 1.65. The first kappa shape index (κ1) is 18.7. The number of anilines is 1. The first-order valence-corrected chi connectivity index (χ1v) is 8.26. The first-order valence-electron chi connectivity index (χ1n) is 7.88. The number of nitrogens with one attached hydrogen (secondary N) is 2. The molecule has 2 rings (SSSR count). The van der Waals surface area contributed by atoms with E-state index < -0.39 is 0 Å². The average Bonchev–Trinajstić information content (AvgIpc) is 2.56. The van der Waals surface area contributed by atoms with Crippen molar-refractivity contribution in [3.8, 4) is 0 Å². The zero-order valence-electron chi connectivity index (χ0n) is 14.2. The lowest BCUT2D eigenvalue weighted by Crippen LogP contribution is -2.20. The maximum atomic E-state index is 11.9. The molecule has 0 heterocycles. The minimum Gasteiger partial charge on any atom is -0.326 e. The van der Waals surface area contributed by atoms with Crippen LogP contribution in [0.1, 0.15) is 29.5 Å². The highest BCUT2D eigenvalue weighted by molar-refractivity contribution is 6.30. The number of hydrogen-bond acceptors (Lipinski definition) is 3. The van der Waals surface area contributed by atoms with E-state index in [-0.39, 0.29) is 24.7 Å². The summed E-state index contributed by atoms with van der Waals surface area (Å²) in [5.74, 6) is -0.532. The monoisotopic (exact) mass is 357 g/mol. The van der Waals surface area contributed by atoms with Gasteiger partial charge in [0.2, 0.25) is 11.8 Å². The smallest absolute Gasteiger partial charge is 0.240 e. The summed E-state index contributed by atoms with van der Waals surface area (Å²) in [5.41, 5.74) is 6.06. The van der Waals surface area contributed by atoms with Crippen LogP contribution in [0.2, 0.25) is 5.02 Å². The van der Waals surface area contributed by atoms with E-state index in [1.165, 1.54) is 6.21 Å². The van der Waals surface area contributed by atoms with Crippen molar-refractivity contribution in [2.75, 3.05) is 5.32 Å². The van der Waals surface area contributed by atoms with Gasteiger partial charge in [-0.2, -0.15) is 5.10 Å². The number of aryl methyl sites for hydroxylation is 2. The van der Waals surface area contributed by atoms with Gasteiger partial charge in [0.15, 0.2) is 0 Å². The SMILES string of the molecule is Cc1ccc(NC(=O)CCC(=O)N/N=C/c2cccc(Cl)c2)c(C)c1. The van der Waals surface area contributed by atoms with E-state index in [0.717, 1.165) is 22.4 Å². The normalized spacial score (nSPS) is 10.7. The summed E-state index contributed by atoms with van der Waals surface area (Å²) in [6.45, 7) is 3.92. The standard InChI is InChI=1S/C19H20ClN3O2/c1-13-6-7-17(14(2)10-13)22-18(24)8-9-19(25)23-21-12-15-4-3-5-16(20)11-15/h3-7,10-12H,8-9H2,1-2H3,(H,22,24)(H,23,25)/b21-12+. The Balaban J connectivity index is 1.76. The molecule has 6 heteroatoms. The molecule has 0 saturated carbocycles. The first-order chi connectivity index (χ1) is 11.9. The maximum Gasteiger partial charge on any atom is 0.240 e. The van der Waals surface area contributed by atoms with Crippen molar-refractivity contribution in [3.63, 3.8) is 0 Å². The molecule has 2 aromatic rings. The number of hydrazone groups is 1. The Bertz CT molecular complexity index is 803. The van der Waals surface area contributed by atoms with Crippen LogP contribution in [0.15, 0.2) is 47.6 Å². The minimum absolute atomic E-state index is 0.0592. The molecule has 0 spiro atoms. The second-order valence-electron chi connectivity index (χ2n) is 5.71. The quantitative estimate of drug-likeness (QED) is 0.609. The molecule has 2 N–H and O–H groups in total. The molecule has 0 aliphatic carbocycles. The van der Waals surface area contributed by atoms with Gasteiger partial charge in [-0.05, 0) is 43.2 Å². The van der Waals surface area contributed by atoms with Gasteiger partial charge >= 0.3 is 0 Å². The van der Waals surface area contributed by atoms with Crippen LogP contribution in [-0.2, 0) is 9.59 Å². The van der Waals surface area contributed by atoms with Gasteiger partial charge in [-0.3, -0.25) is 9.59 Å². The van der Waals surface area contributed by atoms with E-state index in [4.69, 9.17) is 11.6 Å². The maximum absolute atomic E-state index is 11.9. The Labute approximate surface area is 152 Å². The molecule has 0 radical (unpaired) electrons. The van der Waals surface area contributed by atoms with Gasteiger partial charge in [0.05, 0.1) is 6.21 Å². The fraction of sp³-hybridized carbons (Fsp3) is 0.211. The van der Waals surface area contributed by atoms with E-state index in [9.17, 15) is 9.59 Å². The molecule has 2 amide bonds. The third kappa shape index (κ3) is 6.39. The fourth-order valence-electron chi connectivity index (χ4n) is 2.22. The van der Waals surface area contributed by atoms with E-state index in [1.807, 2.05) is 38.1 Å². The van der Waals surface area contributed by atoms with Crippen LogP contribution in [0.4, 0.5) is 5.69 Å². The van der Waals surface area contributed by atoms with Gasteiger partial charge in [0, 0.05) is 23.6 Å². The highest BCUT2D eigenvalue weighted by atomic mass is 35.5. The average molecular weight is 358 g/mol. The number of nitrogens with zero attached hydrogens (tertiary/aromatic N) is 1. The lowest BCUT2D eigenvalue weighted by molar-refractivity contribution is -0.124. The Morgan fingerprint density at radius 2 is 1.84 bits per heavy atom. The van der Waals surface area contributed by atoms with E-state index in [0.29, 0.717) is 5.02 Å². The van der Waals surface area contributed by atoms with Crippen LogP contribution in [-0.4, -0.2) is 18.0 Å². The molecule has 0 bridgehead atoms. The number of hydrogen-bond donors (Lipinski definition) is 2. The zero-order chi connectivity index (χ0) is 18.2. The predicted molar refractivity (Wildman–Crippen MR) is 101 cm³/mol. The van der Waals surface area contributed by atoms with Gasteiger partial charge in [-0.25, -0.2) is 5.43 Å². The van der Waals surface area contributed by atoms with Crippen molar-refractivity contribution < 1.29 is 9.59 Å². The van der Waals surface area contributed by atoms with E-state index in [2.05, 4.69) is 15.8 Å². The van der Waals surface area contributed by atoms with Crippen LogP contribution in [0.5, 0.6) is 0 Å². The van der Waals surface area contributed by atoms with E-state index >= 15 is 0 Å². The molecule has 5 nitrogen and oxygen atoms in total. The molecule has 2 aromatic carbocycles. The van der Waals surface area contributed by atoms with Crippen LogP contribution in [0, 0.1) is 13.8 Å². The largest absolute Gasteiger partial charge is 0.326 e. The Morgan fingerprint density at radius 3 is 2.56 bits per heavy atom. The van der Waals surface area contributed by atoms with Gasteiger partial charge in [-0.1, -0.05) is 41.4 Å². The van der Waals surface area contributed by atoms with Gasteiger partial charge in [0.25, 0.3) is 0 Å². The summed E-state index contributed by atoms with van der Waals surface area (Å²) >= 11 is 5.86. The summed E-state index contributed by atoms with van der Waals surface area (Å²) in [6, 6.07) is 12.9. The molecule has 0 aliphatic rings. The molecule has 0 aromatic heterocycles. The topological polar surface area (TPSA) is 70.6 Å². The number of amides is 2. The number of rotatable bonds is 6. The van der Waals surface area contributed by atoms with Crippen molar-refractivity contribution in [3.05, 3.63) is 64.2 Å². The van der Waals surface area contributed by atoms with Crippen molar-refractivity contribution in [1.29, 1.82) is 0 Å². The number of benzene rings is 2. The van der Waals surface area contributed by atoms with Crippen LogP contribution < -0.4 is 10.7 Å². The highest BCUT2D eigenvalue weighted by Crippen LogP contribution is 2.16. The van der Waals surface area contributed by atoms with Gasteiger partial charge in [-0.15, -0.1) is 0 Å². The van der Waals surface area contributed by atoms with Crippen LogP contribution >= 0.6 is 11.6 Å². The second-order valence-corrected chi connectivity index (χ2v) is 6.15. The van der Waals surface area contributed by atoms with Gasteiger partial charge in [0.1, 0.15) is 0 Å². The molecular weight excluding hydrogens is 338 g/mol. The zero-order valence-corrected chi connectivity index (χ0v) is 14.9. The molecule has 0 unspecified atom stereocenters. The third-order valence-corrected chi connectivity index (χ3v) is 3.72. The second kappa shape index (κ2) is 8.99. The lowest BCUT2D eigenvalue weighted by atomic mass is 10.1.